The molecule has 3 aromatic carbocycles. The van der Waals surface area contributed by atoms with Crippen molar-refractivity contribution in [3.05, 3.63) is 91.6 Å². The van der Waals surface area contributed by atoms with Gasteiger partial charge in [0.15, 0.2) is 5.82 Å². The molecule has 0 radical (unpaired) electrons. The van der Waals surface area contributed by atoms with Crippen molar-refractivity contribution in [2.45, 2.75) is 37.0 Å². The zero-order chi connectivity index (χ0) is 34.4. The molecule has 3 aromatic rings. The standard InChI is InChI=1S/C29H20Br2F10N2O3/c1-46-26(28(36,37)38,29(39,40)41)16-11-19(27(33,34)35)23(20(31)12-16)42-24(44)18-3-2-4-21(22(18)32)43(13-14-5-6-14)25(45)15-7-9-17(30)10-8-15/h2-4,7-12,14H,5-6,13H2,1H3,(H,42,44). The number of amides is 2. The molecule has 248 valence electrons. The third-order valence-corrected chi connectivity index (χ3v) is 8.29. The second kappa shape index (κ2) is 12.8. The van der Waals surface area contributed by atoms with Crippen molar-refractivity contribution in [1.29, 1.82) is 0 Å². The molecule has 1 aliphatic rings. The number of alkyl halides is 9. The molecule has 0 atom stereocenters. The van der Waals surface area contributed by atoms with E-state index in [9.17, 15) is 49.1 Å². The van der Waals surface area contributed by atoms with Gasteiger partial charge in [-0.15, -0.1) is 0 Å². The van der Waals surface area contributed by atoms with Gasteiger partial charge in [-0.05, 0) is 83.2 Å². The molecule has 1 N–H and O–H groups in total. The maximum atomic E-state index is 15.9. The number of nitrogens with one attached hydrogen (secondary N) is 1. The highest BCUT2D eigenvalue weighted by Gasteiger charge is 2.73. The summed E-state index contributed by atoms with van der Waals surface area (Å²) in [6.07, 6.45) is -16.7. The number of ether oxygens (including phenoxy) is 1. The van der Waals surface area contributed by atoms with E-state index in [1.807, 2.05) is 0 Å². The van der Waals surface area contributed by atoms with E-state index >= 15 is 4.39 Å². The van der Waals surface area contributed by atoms with Crippen molar-refractivity contribution in [1.82, 2.24) is 0 Å². The lowest BCUT2D eigenvalue weighted by atomic mass is 9.89. The van der Waals surface area contributed by atoms with Crippen molar-refractivity contribution in [2.24, 2.45) is 5.92 Å². The second-order valence-corrected chi connectivity index (χ2v) is 12.0. The van der Waals surface area contributed by atoms with Gasteiger partial charge < -0.3 is 15.0 Å². The molecule has 0 aliphatic heterocycles. The summed E-state index contributed by atoms with van der Waals surface area (Å²) in [7, 11) is 0.0294. The molecule has 2 amide bonds. The fourth-order valence-electron chi connectivity index (χ4n) is 4.68. The van der Waals surface area contributed by atoms with E-state index in [0.29, 0.717) is 4.47 Å². The molecule has 0 aromatic heterocycles. The number of carbonyl (C=O) groups excluding carboxylic acids is 2. The first-order valence-corrected chi connectivity index (χ1v) is 14.6. The van der Waals surface area contributed by atoms with Crippen molar-refractivity contribution in [3.8, 4) is 0 Å². The Hall–Kier alpha value is -3.18. The van der Waals surface area contributed by atoms with Crippen LogP contribution in [0.5, 0.6) is 0 Å². The number of carbonyl (C=O) groups is 2. The summed E-state index contributed by atoms with van der Waals surface area (Å²) < 4.78 is 144. The quantitative estimate of drug-likeness (QED) is 0.231. The SMILES string of the molecule is COC(c1cc(Br)c(NC(=O)c2cccc(N(CC3CC3)C(=O)c3ccc(Br)cc3)c2F)c(C(F)(F)F)c1)(C(F)(F)F)C(F)(F)F. The van der Waals surface area contributed by atoms with Crippen LogP contribution in [-0.4, -0.2) is 37.8 Å². The fourth-order valence-corrected chi connectivity index (χ4v) is 5.50. The summed E-state index contributed by atoms with van der Waals surface area (Å²) in [6.45, 7) is 0.0573. The van der Waals surface area contributed by atoms with Crippen LogP contribution in [-0.2, 0) is 16.5 Å². The van der Waals surface area contributed by atoms with E-state index < -0.39 is 74.7 Å². The summed E-state index contributed by atoms with van der Waals surface area (Å²) >= 11 is 5.77. The molecule has 0 unspecified atom stereocenters. The molecule has 0 spiro atoms. The Labute approximate surface area is 271 Å². The summed E-state index contributed by atoms with van der Waals surface area (Å²) in [5.74, 6) is -3.46. The van der Waals surface area contributed by atoms with Gasteiger partial charge in [-0.2, -0.15) is 39.5 Å². The van der Waals surface area contributed by atoms with E-state index in [1.165, 1.54) is 18.2 Å². The zero-order valence-corrected chi connectivity index (χ0v) is 26.3. The first kappa shape index (κ1) is 35.7. The van der Waals surface area contributed by atoms with Crippen LogP contribution in [0.15, 0.2) is 63.5 Å². The Bertz CT molecular complexity index is 1620. The van der Waals surface area contributed by atoms with Crippen LogP contribution in [0.2, 0.25) is 0 Å². The van der Waals surface area contributed by atoms with Gasteiger partial charge in [0.2, 0.25) is 0 Å². The largest absolute Gasteiger partial charge is 0.430 e. The number of hydrogen-bond donors (Lipinski definition) is 1. The van der Waals surface area contributed by atoms with Crippen molar-refractivity contribution >= 4 is 55.0 Å². The molecule has 17 heteroatoms. The monoisotopic (exact) mass is 792 g/mol. The van der Waals surface area contributed by atoms with Crippen LogP contribution < -0.4 is 10.2 Å². The second-order valence-electron chi connectivity index (χ2n) is 10.2. The molecule has 1 saturated carbocycles. The number of nitrogens with zero attached hydrogens (tertiary/aromatic N) is 1. The molecule has 5 nitrogen and oxygen atoms in total. The van der Waals surface area contributed by atoms with Gasteiger partial charge in [0.25, 0.3) is 17.4 Å². The molecule has 1 aliphatic carbocycles. The lowest BCUT2D eigenvalue weighted by Gasteiger charge is -2.36. The lowest BCUT2D eigenvalue weighted by Crippen LogP contribution is -2.55. The third-order valence-electron chi connectivity index (χ3n) is 7.13. The topological polar surface area (TPSA) is 58.6 Å². The number of benzene rings is 3. The molecule has 4 rings (SSSR count). The zero-order valence-electron chi connectivity index (χ0n) is 23.1. The minimum Gasteiger partial charge on any atom is -0.357 e. The maximum Gasteiger partial charge on any atom is 0.430 e. The summed E-state index contributed by atoms with van der Waals surface area (Å²) in [4.78, 5) is 27.6. The highest BCUT2D eigenvalue weighted by molar-refractivity contribution is 9.10. The Morgan fingerprint density at radius 1 is 0.913 bits per heavy atom. The van der Waals surface area contributed by atoms with E-state index in [4.69, 9.17) is 0 Å². The van der Waals surface area contributed by atoms with Crippen LogP contribution in [0.25, 0.3) is 0 Å². The predicted molar refractivity (Wildman–Crippen MR) is 153 cm³/mol. The summed E-state index contributed by atoms with van der Waals surface area (Å²) in [5, 5.41) is 1.75. The molecule has 0 saturated heterocycles. The third kappa shape index (κ3) is 6.90. The van der Waals surface area contributed by atoms with Gasteiger partial charge >= 0.3 is 18.5 Å². The number of anilines is 2. The van der Waals surface area contributed by atoms with Gasteiger partial charge in [-0.25, -0.2) is 4.39 Å². The molecule has 46 heavy (non-hydrogen) atoms. The minimum absolute atomic E-state index is 0.0210. The van der Waals surface area contributed by atoms with Crippen molar-refractivity contribution in [3.63, 3.8) is 0 Å². The first-order chi connectivity index (χ1) is 21.2. The smallest absolute Gasteiger partial charge is 0.357 e. The normalized spacial score (nSPS) is 14.3. The van der Waals surface area contributed by atoms with E-state index in [1.54, 1.807) is 17.4 Å². The average Bonchev–Trinajstić information content (AvgIpc) is 3.76. The van der Waals surface area contributed by atoms with E-state index in [2.05, 4.69) is 36.6 Å². The summed E-state index contributed by atoms with van der Waals surface area (Å²) in [6, 6.07) is 8.91. The fraction of sp³-hybridized carbons (Fsp3) is 0.310. The molecule has 1 fully saturated rings. The van der Waals surface area contributed by atoms with Crippen LogP contribution in [0.3, 0.4) is 0 Å². The van der Waals surface area contributed by atoms with Crippen molar-refractivity contribution in [2.75, 3.05) is 23.9 Å². The molecular weight excluding hydrogens is 774 g/mol. The predicted octanol–water partition coefficient (Wildman–Crippen LogP) is 9.64. The van der Waals surface area contributed by atoms with Gasteiger partial charge in [0, 0.05) is 33.7 Å². The van der Waals surface area contributed by atoms with Gasteiger partial charge in [-0.3, -0.25) is 9.59 Å². The average molecular weight is 794 g/mol. The molecular formula is C29H20Br2F10N2O3. The Kier molecular flexibility index (Phi) is 9.92. The molecule has 0 heterocycles. The number of hydrogen-bond acceptors (Lipinski definition) is 3. The van der Waals surface area contributed by atoms with E-state index in [0.717, 1.165) is 29.9 Å². The maximum absolute atomic E-state index is 15.9. The van der Waals surface area contributed by atoms with Gasteiger partial charge in [0.1, 0.15) is 0 Å². The van der Waals surface area contributed by atoms with Crippen LogP contribution in [0.1, 0.15) is 44.7 Å². The lowest BCUT2D eigenvalue weighted by molar-refractivity contribution is -0.383. The Morgan fingerprint density at radius 2 is 1.50 bits per heavy atom. The first-order valence-electron chi connectivity index (χ1n) is 13.0. The van der Waals surface area contributed by atoms with Crippen LogP contribution in [0.4, 0.5) is 55.3 Å². The Morgan fingerprint density at radius 3 is 2.00 bits per heavy atom. The van der Waals surface area contributed by atoms with Gasteiger partial charge in [-0.1, -0.05) is 22.0 Å². The highest BCUT2D eigenvalue weighted by atomic mass is 79.9. The number of halogens is 12. The summed E-state index contributed by atoms with van der Waals surface area (Å²) in [5.41, 5.74) is -11.6. The highest BCUT2D eigenvalue weighted by Crippen LogP contribution is 2.54. The number of rotatable bonds is 8. The van der Waals surface area contributed by atoms with Gasteiger partial charge in [0.05, 0.1) is 22.5 Å². The van der Waals surface area contributed by atoms with E-state index in [-0.39, 0.29) is 36.9 Å². The molecule has 0 bridgehead atoms. The number of methoxy groups -OCH3 is 1. The van der Waals surface area contributed by atoms with Crippen molar-refractivity contribution < 1.29 is 58.2 Å². The Balaban J connectivity index is 1.78. The minimum atomic E-state index is -6.27. The van der Waals surface area contributed by atoms with Crippen LogP contribution in [0, 0.1) is 11.7 Å². The van der Waals surface area contributed by atoms with Crippen LogP contribution >= 0.6 is 31.9 Å².